The number of hydrogen-bond donors (Lipinski definition) is 0. The summed E-state index contributed by atoms with van der Waals surface area (Å²) in [7, 11) is 2.08. The lowest BCUT2D eigenvalue weighted by molar-refractivity contribution is 0.475. The number of anilines is 2. The molecule has 1 aliphatic heterocycles. The van der Waals surface area contributed by atoms with Crippen LogP contribution in [0.15, 0.2) is 36.9 Å². The number of rotatable bonds is 3. The Balaban J connectivity index is 1.43. The molecular weight excluding hydrogens is 302 g/mol. The first-order valence-corrected chi connectivity index (χ1v) is 8.27. The molecule has 24 heavy (non-hydrogen) atoms. The number of aryl methyl sites for hydroxylation is 1. The molecule has 1 saturated heterocycles. The normalized spacial score (nSPS) is 15.8. The van der Waals surface area contributed by atoms with Crippen molar-refractivity contribution in [1.82, 2.24) is 24.6 Å². The largest absolute Gasteiger partial charge is 0.356 e. The second kappa shape index (κ2) is 6.07. The van der Waals surface area contributed by atoms with Crippen molar-refractivity contribution in [3.63, 3.8) is 0 Å². The number of piperidine rings is 1. The summed E-state index contributed by atoms with van der Waals surface area (Å²) in [5.74, 6) is 1.83. The lowest BCUT2D eigenvalue weighted by Gasteiger charge is -2.37. The van der Waals surface area contributed by atoms with E-state index >= 15 is 0 Å². The molecule has 0 aromatic carbocycles. The van der Waals surface area contributed by atoms with Gasteiger partial charge >= 0.3 is 0 Å². The first kappa shape index (κ1) is 14.9. The van der Waals surface area contributed by atoms with E-state index in [1.165, 1.54) is 0 Å². The molecule has 7 nitrogen and oxygen atoms in total. The number of hydrogen-bond acceptors (Lipinski definition) is 6. The maximum absolute atomic E-state index is 4.68. The third-order valence-electron chi connectivity index (χ3n) is 4.66. The minimum atomic E-state index is 0.461. The molecule has 0 bridgehead atoms. The van der Waals surface area contributed by atoms with E-state index in [9.17, 15) is 0 Å². The minimum absolute atomic E-state index is 0.461. The summed E-state index contributed by atoms with van der Waals surface area (Å²) < 4.78 is 1.79. The number of nitrogens with zero attached hydrogens (tertiary/aromatic N) is 7. The second-order valence-electron chi connectivity index (χ2n) is 6.31. The zero-order chi connectivity index (χ0) is 16.5. The Labute approximate surface area is 141 Å². The van der Waals surface area contributed by atoms with Crippen LogP contribution in [0, 0.1) is 6.92 Å². The van der Waals surface area contributed by atoms with Crippen LogP contribution < -0.4 is 9.80 Å². The Morgan fingerprint density at radius 1 is 1.12 bits per heavy atom. The smallest absolute Gasteiger partial charge is 0.225 e. The van der Waals surface area contributed by atoms with Crippen molar-refractivity contribution in [2.24, 2.45) is 0 Å². The first-order chi connectivity index (χ1) is 11.7. The van der Waals surface area contributed by atoms with Crippen molar-refractivity contribution < 1.29 is 0 Å². The van der Waals surface area contributed by atoms with E-state index in [0.29, 0.717) is 6.04 Å². The topological polar surface area (TPSA) is 62.5 Å². The maximum atomic E-state index is 4.68. The Hall–Kier alpha value is -2.70. The van der Waals surface area contributed by atoms with Gasteiger partial charge in [-0.25, -0.2) is 19.5 Å². The lowest BCUT2D eigenvalue weighted by atomic mass is 10.0. The molecule has 0 atom stereocenters. The fourth-order valence-electron chi connectivity index (χ4n) is 3.19. The van der Waals surface area contributed by atoms with Crippen molar-refractivity contribution in [2.75, 3.05) is 29.9 Å². The minimum Gasteiger partial charge on any atom is -0.356 e. The van der Waals surface area contributed by atoms with Gasteiger partial charge < -0.3 is 9.80 Å². The van der Waals surface area contributed by atoms with Crippen LogP contribution in [0.3, 0.4) is 0 Å². The van der Waals surface area contributed by atoms with Gasteiger partial charge in [0.1, 0.15) is 5.82 Å². The Bertz CT molecular complexity index is 818. The van der Waals surface area contributed by atoms with Crippen LogP contribution in [-0.4, -0.2) is 50.7 Å². The summed E-state index contributed by atoms with van der Waals surface area (Å²) in [6.07, 6.45) is 9.63. The van der Waals surface area contributed by atoms with E-state index in [4.69, 9.17) is 0 Å². The van der Waals surface area contributed by atoms with E-state index in [-0.39, 0.29) is 0 Å². The SMILES string of the molecule is Cc1cnc(N(C)C2CCN(c3ccn4nccc4n3)CC2)nc1. The van der Waals surface area contributed by atoms with E-state index < -0.39 is 0 Å². The molecule has 0 unspecified atom stereocenters. The number of aromatic nitrogens is 5. The van der Waals surface area contributed by atoms with Crippen LogP contribution in [0.1, 0.15) is 18.4 Å². The Morgan fingerprint density at radius 3 is 2.62 bits per heavy atom. The molecule has 3 aromatic rings. The van der Waals surface area contributed by atoms with Crippen molar-refractivity contribution >= 4 is 17.4 Å². The quantitative estimate of drug-likeness (QED) is 0.734. The van der Waals surface area contributed by atoms with Gasteiger partial charge in [-0.2, -0.15) is 5.10 Å². The van der Waals surface area contributed by atoms with Crippen molar-refractivity contribution in [1.29, 1.82) is 0 Å². The van der Waals surface area contributed by atoms with Gasteiger partial charge in [-0.15, -0.1) is 0 Å². The Morgan fingerprint density at radius 2 is 1.88 bits per heavy atom. The van der Waals surface area contributed by atoms with Crippen LogP contribution in [0.5, 0.6) is 0 Å². The molecule has 0 amide bonds. The van der Waals surface area contributed by atoms with Crippen LogP contribution in [-0.2, 0) is 0 Å². The van der Waals surface area contributed by atoms with E-state index in [2.05, 4.69) is 36.9 Å². The first-order valence-electron chi connectivity index (χ1n) is 8.27. The molecule has 0 N–H and O–H groups in total. The van der Waals surface area contributed by atoms with Crippen molar-refractivity contribution in [2.45, 2.75) is 25.8 Å². The zero-order valence-electron chi connectivity index (χ0n) is 14.0. The molecule has 0 spiro atoms. The van der Waals surface area contributed by atoms with Gasteiger partial charge in [-0.1, -0.05) is 0 Å². The maximum Gasteiger partial charge on any atom is 0.225 e. The summed E-state index contributed by atoms with van der Waals surface area (Å²) in [5.41, 5.74) is 1.98. The van der Waals surface area contributed by atoms with E-state index in [0.717, 1.165) is 48.9 Å². The van der Waals surface area contributed by atoms with Crippen molar-refractivity contribution in [3.8, 4) is 0 Å². The highest BCUT2D eigenvalue weighted by Crippen LogP contribution is 2.22. The molecule has 0 aliphatic carbocycles. The molecule has 124 valence electrons. The van der Waals surface area contributed by atoms with Gasteiger partial charge in [0.2, 0.25) is 5.95 Å². The van der Waals surface area contributed by atoms with Gasteiger partial charge in [0.15, 0.2) is 5.65 Å². The highest BCUT2D eigenvalue weighted by molar-refractivity contribution is 5.47. The average molecular weight is 323 g/mol. The summed E-state index contributed by atoms with van der Waals surface area (Å²) in [6.45, 7) is 3.98. The molecule has 1 fully saturated rings. The van der Waals surface area contributed by atoms with E-state index in [1.807, 2.05) is 37.6 Å². The second-order valence-corrected chi connectivity index (χ2v) is 6.31. The third kappa shape index (κ3) is 2.77. The number of fused-ring (bicyclic) bond motifs is 1. The third-order valence-corrected chi connectivity index (χ3v) is 4.66. The molecular formula is C17H21N7. The van der Waals surface area contributed by atoms with Gasteiger partial charge in [-0.3, -0.25) is 0 Å². The fraction of sp³-hybridized carbons (Fsp3) is 0.412. The van der Waals surface area contributed by atoms with Gasteiger partial charge in [0, 0.05) is 50.8 Å². The van der Waals surface area contributed by atoms with E-state index in [1.54, 1.807) is 10.7 Å². The molecule has 4 heterocycles. The Kier molecular flexibility index (Phi) is 3.76. The van der Waals surface area contributed by atoms with Crippen LogP contribution in [0.2, 0.25) is 0 Å². The van der Waals surface area contributed by atoms with Crippen LogP contribution in [0.25, 0.3) is 5.65 Å². The van der Waals surface area contributed by atoms with Crippen molar-refractivity contribution in [3.05, 3.63) is 42.5 Å². The summed E-state index contributed by atoms with van der Waals surface area (Å²) >= 11 is 0. The molecule has 7 heteroatoms. The molecule has 1 aliphatic rings. The average Bonchev–Trinajstić information content (AvgIpc) is 3.09. The van der Waals surface area contributed by atoms with Gasteiger partial charge in [0.25, 0.3) is 0 Å². The summed E-state index contributed by atoms with van der Waals surface area (Å²) in [6, 6.07) is 4.42. The predicted molar refractivity (Wildman–Crippen MR) is 93.4 cm³/mol. The van der Waals surface area contributed by atoms with Gasteiger partial charge in [0.05, 0.1) is 6.20 Å². The summed E-state index contributed by atoms with van der Waals surface area (Å²) in [5, 5.41) is 4.20. The van der Waals surface area contributed by atoms with Gasteiger partial charge in [-0.05, 0) is 31.4 Å². The highest BCUT2D eigenvalue weighted by atomic mass is 15.3. The zero-order valence-corrected chi connectivity index (χ0v) is 14.0. The lowest BCUT2D eigenvalue weighted by Crippen LogP contribution is -2.44. The molecule has 0 saturated carbocycles. The summed E-state index contributed by atoms with van der Waals surface area (Å²) in [4.78, 5) is 18.1. The van der Waals surface area contributed by atoms with Crippen LogP contribution in [0.4, 0.5) is 11.8 Å². The molecule has 0 radical (unpaired) electrons. The standard InChI is InChI=1S/C17H21N7/c1-13-11-18-17(19-12-13)22(2)14-4-8-23(9-5-14)15-6-10-24-16(21-15)3-7-20-24/h3,6-7,10-12,14H,4-5,8-9H2,1-2H3. The monoisotopic (exact) mass is 323 g/mol. The molecule has 3 aromatic heterocycles. The fourth-order valence-corrected chi connectivity index (χ4v) is 3.19. The highest BCUT2D eigenvalue weighted by Gasteiger charge is 2.24. The molecule has 4 rings (SSSR count). The van der Waals surface area contributed by atoms with Crippen LogP contribution >= 0.6 is 0 Å². The predicted octanol–water partition coefficient (Wildman–Crippen LogP) is 1.93.